The zero-order chi connectivity index (χ0) is 13.1. The van der Waals surface area contributed by atoms with Crippen molar-refractivity contribution in [1.82, 2.24) is 9.97 Å². The van der Waals surface area contributed by atoms with Crippen LogP contribution in [0, 0.1) is 0 Å². The number of hydrogen-bond donors (Lipinski definition) is 1. The molecule has 1 N–H and O–H groups in total. The van der Waals surface area contributed by atoms with Gasteiger partial charge in [0.1, 0.15) is 10.7 Å². The summed E-state index contributed by atoms with van der Waals surface area (Å²) in [5, 5.41) is 4.91. The summed E-state index contributed by atoms with van der Waals surface area (Å²) < 4.78 is 5.34. The molecule has 0 aliphatic carbocycles. The maximum Gasteiger partial charge on any atom is 0.350 e. The lowest BCUT2D eigenvalue weighted by Gasteiger charge is -2.07. The van der Waals surface area contributed by atoms with Gasteiger partial charge in [0.15, 0.2) is 0 Å². The van der Waals surface area contributed by atoms with Crippen molar-refractivity contribution < 1.29 is 9.53 Å². The number of hydrogen-bond acceptors (Lipinski definition) is 6. The number of ether oxygens (including phenoxy) is 1. The first-order valence-electron chi connectivity index (χ1n) is 4.72. The van der Waals surface area contributed by atoms with E-state index < -0.39 is 5.97 Å². The number of methoxy groups -OCH3 is 1. The molecule has 0 saturated carbocycles. The first-order chi connectivity index (χ1) is 8.61. The molecule has 0 aliphatic heterocycles. The Morgan fingerprint density at radius 1 is 1.61 bits per heavy atom. The maximum atomic E-state index is 11.5. The molecular weight excluding hydrogens is 342 g/mol. The largest absolute Gasteiger partial charge is 0.465 e. The molecule has 2 rings (SSSR count). The average Bonchev–Trinajstić information content (AvgIpc) is 2.81. The zero-order valence-electron chi connectivity index (χ0n) is 9.11. The van der Waals surface area contributed by atoms with Crippen LogP contribution in [0.3, 0.4) is 0 Å². The number of halogens is 2. The lowest BCUT2D eigenvalue weighted by atomic mass is 10.4. The van der Waals surface area contributed by atoms with E-state index in [4.69, 9.17) is 11.6 Å². The Hall–Kier alpha value is -1.18. The Balaban J connectivity index is 2.32. The van der Waals surface area contributed by atoms with Crippen molar-refractivity contribution in [3.8, 4) is 0 Å². The van der Waals surface area contributed by atoms with Gasteiger partial charge in [0, 0.05) is 6.20 Å². The fraction of sp³-hybridized carbons (Fsp3) is 0.100. The van der Waals surface area contributed by atoms with Crippen molar-refractivity contribution in [2.24, 2.45) is 0 Å². The molecule has 0 spiro atoms. The van der Waals surface area contributed by atoms with Crippen molar-refractivity contribution in [1.29, 1.82) is 0 Å². The number of carbonyl (C=O) groups excluding carboxylic acids is 1. The predicted molar refractivity (Wildman–Crippen MR) is 73.7 cm³/mol. The Bertz CT molecular complexity index is 590. The smallest absolute Gasteiger partial charge is 0.350 e. The van der Waals surface area contributed by atoms with Crippen LogP contribution < -0.4 is 5.32 Å². The number of nitrogens with zero attached hydrogens (tertiary/aromatic N) is 2. The summed E-state index contributed by atoms with van der Waals surface area (Å²) in [5.74, 6) is 0.0855. The third kappa shape index (κ3) is 2.80. The molecule has 2 aromatic heterocycles. The molecule has 18 heavy (non-hydrogen) atoms. The number of aromatic nitrogens is 2. The molecule has 0 fully saturated rings. The standard InChI is InChI=1S/C10H7BrClN3O2S/c1-17-9(16)7-6(2-3-18-7)14-8-5(11)4-13-10(12)15-8/h2-4H,1H3,(H,13,14,15). The van der Waals surface area contributed by atoms with Crippen molar-refractivity contribution in [2.45, 2.75) is 0 Å². The van der Waals surface area contributed by atoms with Gasteiger partial charge in [-0.1, -0.05) is 0 Å². The molecule has 0 bridgehead atoms. The van der Waals surface area contributed by atoms with Crippen molar-refractivity contribution in [3.05, 3.63) is 32.3 Å². The summed E-state index contributed by atoms with van der Waals surface area (Å²) in [6.07, 6.45) is 1.53. The average molecular weight is 349 g/mol. The van der Waals surface area contributed by atoms with E-state index in [2.05, 4.69) is 36.0 Å². The number of rotatable bonds is 3. The number of esters is 1. The highest BCUT2D eigenvalue weighted by Crippen LogP contribution is 2.29. The summed E-state index contributed by atoms with van der Waals surface area (Å²) >= 11 is 10.3. The molecule has 2 aromatic rings. The van der Waals surface area contributed by atoms with E-state index >= 15 is 0 Å². The van der Waals surface area contributed by atoms with Crippen LogP contribution in [-0.2, 0) is 4.74 Å². The van der Waals surface area contributed by atoms with Crippen molar-refractivity contribution in [2.75, 3.05) is 12.4 Å². The quantitative estimate of drug-likeness (QED) is 0.679. The fourth-order valence-corrected chi connectivity index (χ4v) is 2.41. The highest BCUT2D eigenvalue weighted by molar-refractivity contribution is 9.10. The van der Waals surface area contributed by atoms with Crippen LogP contribution in [0.5, 0.6) is 0 Å². The molecular formula is C10H7BrClN3O2S. The summed E-state index contributed by atoms with van der Waals surface area (Å²) in [7, 11) is 1.34. The van der Waals surface area contributed by atoms with Gasteiger partial charge in [0.25, 0.3) is 0 Å². The lowest BCUT2D eigenvalue weighted by Crippen LogP contribution is -2.03. The van der Waals surface area contributed by atoms with Gasteiger partial charge < -0.3 is 10.1 Å². The number of nitrogens with one attached hydrogen (secondary N) is 1. The molecule has 94 valence electrons. The fourth-order valence-electron chi connectivity index (χ4n) is 1.22. The Morgan fingerprint density at radius 3 is 3.11 bits per heavy atom. The summed E-state index contributed by atoms with van der Waals surface area (Å²) in [6.45, 7) is 0. The second-order valence-electron chi connectivity index (χ2n) is 3.12. The van der Waals surface area contributed by atoms with Crippen LogP contribution in [-0.4, -0.2) is 23.0 Å². The molecule has 0 saturated heterocycles. The molecule has 2 heterocycles. The highest BCUT2D eigenvalue weighted by Gasteiger charge is 2.15. The van der Waals surface area contributed by atoms with Crippen LogP contribution in [0.25, 0.3) is 0 Å². The molecule has 0 atom stereocenters. The van der Waals surface area contributed by atoms with Crippen molar-refractivity contribution in [3.63, 3.8) is 0 Å². The minimum absolute atomic E-state index is 0.121. The van der Waals surface area contributed by atoms with Gasteiger partial charge in [-0.3, -0.25) is 0 Å². The van der Waals surface area contributed by atoms with E-state index in [1.165, 1.54) is 24.6 Å². The molecule has 0 amide bonds. The van der Waals surface area contributed by atoms with Crippen LogP contribution in [0.2, 0.25) is 5.28 Å². The number of carbonyl (C=O) groups is 1. The second-order valence-corrected chi connectivity index (χ2v) is 5.22. The number of anilines is 2. The van der Waals surface area contributed by atoms with Crippen LogP contribution >= 0.6 is 38.9 Å². The molecule has 0 radical (unpaired) electrons. The lowest BCUT2D eigenvalue weighted by molar-refractivity contribution is 0.0607. The van der Waals surface area contributed by atoms with E-state index in [0.29, 0.717) is 20.9 Å². The highest BCUT2D eigenvalue weighted by atomic mass is 79.9. The van der Waals surface area contributed by atoms with Gasteiger partial charge in [0.2, 0.25) is 5.28 Å². The Labute approximate surface area is 120 Å². The van der Waals surface area contributed by atoms with E-state index in [-0.39, 0.29) is 5.28 Å². The van der Waals surface area contributed by atoms with E-state index in [1.54, 1.807) is 11.4 Å². The Kier molecular flexibility index (Phi) is 4.15. The van der Waals surface area contributed by atoms with E-state index in [9.17, 15) is 4.79 Å². The van der Waals surface area contributed by atoms with Gasteiger partial charge in [-0.15, -0.1) is 11.3 Å². The van der Waals surface area contributed by atoms with Crippen LogP contribution in [0.4, 0.5) is 11.5 Å². The molecule has 8 heteroatoms. The molecule has 5 nitrogen and oxygen atoms in total. The van der Waals surface area contributed by atoms with Crippen molar-refractivity contribution >= 4 is 56.3 Å². The Morgan fingerprint density at radius 2 is 2.39 bits per heavy atom. The molecule has 0 aliphatic rings. The SMILES string of the molecule is COC(=O)c1sccc1Nc1nc(Cl)ncc1Br. The van der Waals surface area contributed by atoms with Gasteiger partial charge in [-0.25, -0.2) is 9.78 Å². The summed E-state index contributed by atoms with van der Waals surface area (Å²) in [6, 6.07) is 1.76. The summed E-state index contributed by atoms with van der Waals surface area (Å²) in [4.78, 5) is 19.8. The van der Waals surface area contributed by atoms with Gasteiger partial charge >= 0.3 is 5.97 Å². The van der Waals surface area contributed by atoms with Gasteiger partial charge in [-0.05, 0) is 39.0 Å². The first-order valence-corrected chi connectivity index (χ1v) is 6.77. The minimum Gasteiger partial charge on any atom is -0.465 e. The summed E-state index contributed by atoms with van der Waals surface area (Å²) in [5.41, 5.74) is 0.613. The van der Waals surface area contributed by atoms with Crippen LogP contribution in [0.1, 0.15) is 9.67 Å². The molecule has 0 unspecified atom stereocenters. The third-order valence-electron chi connectivity index (χ3n) is 2.00. The van der Waals surface area contributed by atoms with Gasteiger partial charge in [0.05, 0.1) is 17.3 Å². The first kappa shape index (κ1) is 13.3. The third-order valence-corrected chi connectivity index (χ3v) is 3.66. The topological polar surface area (TPSA) is 64.1 Å². The monoisotopic (exact) mass is 347 g/mol. The van der Waals surface area contributed by atoms with Gasteiger partial charge in [-0.2, -0.15) is 4.98 Å². The normalized spacial score (nSPS) is 10.2. The minimum atomic E-state index is -0.399. The maximum absolute atomic E-state index is 11.5. The number of thiophene rings is 1. The second kappa shape index (κ2) is 5.64. The zero-order valence-corrected chi connectivity index (χ0v) is 12.3. The molecule has 0 aromatic carbocycles. The van der Waals surface area contributed by atoms with E-state index in [0.717, 1.165) is 0 Å². The van der Waals surface area contributed by atoms with Crippen LogP contribution in [0.15, 0.2) is 22.1 Å². The van der Waals surface area contributed by atoms with E-state index in [1.807, 2.05) is 0 Å². The predicted octanol–water partition coefficient (Wildman–Crippen LogP) is 3.48.